The minimum absolute atomic E-state index is 0.00806. The van der Waals surface area contributed by atoms with Gasteiger partial charge in [-0.2, -0.15) is 0 Å². The second kappa shape index (κ2) is 5.75. The third-order valence-electron chi connectivity index (χ3n) is 3.54. The highest BCUT2D eigenvalue weighted by atomic mass is 32.1. The van der Waals surface area contributed by atoms with Crippen molar-refractivity contribution in [2.24, 2.45) is 0 Å². The monoisotopic (exact) mass is 283 g/mol. The van der Waals surface area contributed by atoms with E-state index in [0.717, 1.165) is 25.9 Å². The summed E-state index contributed by atoms with van der Waals surface area (Å²) in [6, 6.07) is 0.565. The van der Waals surface area contributed by atoms with E-state index in [1.165, 1.54) is 11.3 Å². The molecule has 0 aliphatic carbocycles. The smallest absolute Gasteiger partial charge is 0.267 e. The van der Waals surface area contributed by atoms with E-state index < -0.39 is 0 Å². The highest BCUT2D eigenvalue weighted by Crippen LogP contribution is 2.27. The molecule has 2 rings (SSSR count). The van der Waals surface area contributed by atoms with Crippen molar-refractivity contribution in [1.82, 2.24) is 14.8 Å². The van der Waals surface area contributed by atoms with Crippen molar-refractivity contribution < 1.29 is 4.79 Å². The van der Waals surface area contributed by atoms with Crippen LogP contribution in [0.3, 0.4) is 0 Å². The van der Waals surface area contributed by atoms with Gasteiger partial charge in [0.15, 0.2) is 5.13 Å². The van der Waals surface area contributed by atoms with E-state index in [2.05, 4.69) is 29.3 Å². The molecule has 1 aromatic heterocycles. The molecule has 0 unspecified atom stereocenters. The molecular formula is C12H21N5OS. The zero-order valence-electron chi connectivity index (χ0n) is 11.6. The first kappa shape index (κ1) is 14.1. The maximum absolute atomic E-state index is 12.4. The van der Waals surface area contributed by atoms with Crippen LogP contribution in [-0.2, 0) is 0 Å². The molecule has 0 saturated carbocycles. The topological polar surface area (TPSA) is 74.5 Å². The highest BCUT2D eigenvalue weighted by molar-refractivity contribution is 7.18. The Balaban J connectivity index is 2.03. The predicted octanol–water partition coefficient (Wildman–Crippen LogP) is 0.933. The van der Waals surface area contributed by atoms with Crippen LogP contribution in [0.5, 0.6) is 0 Å². The molecule has 1 aliphatic heterocycles. The summed E-state index contributed by atoms with van der Waals surface area (Å²) in [5.74, 6) is 0.336. The number of hydrogen-bond donors (Lipinski definition) is 2. The minimum Gasteiger partial charge on any atom is -0.382 e. The fraction of sp³-hybridized carbons (Fsp3) is 0.667. The molecule has 3 N–H and O–H groups in total. The largest absolute Gasteiger partial charge is 0.382 e. The number of nitrogens with zero attached hydrogens (tertiary/aromatic N) is 3. The zero-order chi connectivity index (χ0) is 14.0. The number of nitrogens with two attached hydrogens (primary N) is 1. The number of hydrogen-bond acceptors (Lipinski definition) is 6. The molecule has 0 radical (unpaired) electrons. The van der Waals surface area contributed by atoms with Crippen LogP contribution < -0.4 is 11.1 Å². The summed E-state index contributed by atoms with van der Waals surface area (Å²) in [6.45, 7) is 1.57. The molecule has 106 valence electrons. The summed E-state index contributed by atoms with van der Waals surface area (Å²) < 4.78 is 0. The van der Waals surface area contributed by atoms with Crippen molar-refractivity contribution >= 4 is 28.2 Å². The average Bonchev–Trinajstić information content (AvgIpc) is 2.79. The zero-order valence-corrected chi connectivity index (χ0v) is 12.5. The Bertz CT molecular complexity index is 451. The first-order chi connectivity index (χ1) is 9.02. The maximum atomic E-state index is 12.4. The summed E-state index contributed by atoms with van der Waals surface area (Å²) in [5.41, 5.74) is 5.80. The summed E-state index contributed by atoms with van der Waals surface area (Å²) in [7, 11) is 5.94. The number of nitrogen functional groups attached to an aromatic ring is 1. The molecule has 6 nitrogen and oxygen atoms in total. The van der Waals surface area contributed by atoms with Crippen LogP contribution in [-0.4, -0.2) is 61.0 Å². The normalized spacial score (nSPS) is 16.9. The standard InChI is InChI=1S/C12H21N5OS/c1-14-12-15-10(13)9(19-12)11(18)17-6-4-8(5-7-17)16(2)3/h8H,4-7,13H2,1-3H3,(H,14,15). The number of thiazole rings is 1. The van der Waals surface area contributed by atoms with Crippen molar-refractivity contribution in [3.05, 3.63) is 4.88 Å². The number of carbonyl (C=O) groups is 1. The van der Waals surface area contributed by atoms with E-state index in [1.807, 2.05) is 4.90 Å². The van der Waals surface area contributed by atoms with E-state index in [4.69, 9.17) is 5.73 Å². The maximum Gasteiger partial charge on any atom is 0.267 e. The first-order valence-electron chi connectivity index (χ1n) is 6.42. The molecule has 1 saturated heterocycles. The molecule has 1 amide bonds. The number of nitrogens with one attached hydrogen (secondary N) is 1. The Morgan fingerprint density at radius 2 is 2.11 bits per heavy atom. The number of anilines is 2. The van der Waals surface area contributed by atoms with Gasteiger partial charge in [0.25, 0.3) is 5.91 Å². The van der Waals surface area contributed by atoms with Gasteiger partial charge in [0.1, 0.15) is 10.7 Å². The number of aromatic nitrogens is 1. The summed E-state index contributed by atoms with van der Waals surface area (Å²) >= 11 is 1.32. The number of amides is 1. The van der Waals surface area contributed by atoms with Gasteiger partial charge in [-0.3, -0.25) is 4.79 Å². The van der Waals surface area contributed by atoms with Crippen molar-refractivity contribution in [2.45, 2.75) is 18.9 Å². The second-order valence-corrected chi connectivity index (χ2v) is 5.97. The summed E-state index contributed by atoms with van der Waals surface area (Å²) in [6.07, 6.45) is 2.02. The van der Waals surface area contributed by atoms with E-state index in [0.29, 0.717) is 21.9 Å². The Morgan fingerprint density at radius 1 is 1.47 bits per heavy atom. The molecule has 19 heavy (non-hydrogen) atoms. The highest BCUT2D eigenvalue weighted by Gasteiger charge is 2.27. The molecule has 1 aliphatic rings. The fourth-order valence-electron chi connectivity index (χ4n) is 2.32. The quantitative estimate of drug-likeness (QED) is 0.863. The van der Waals surface area contributed by atoms with Gasteiger partial charge < -0.3 is 20.9 Å². The van der Waals surface area contributed by atoms with E-state index in [-0.39, 0.29) is 5.91 Å². The predicted molar refractivity (Wildman–Crippen MR) is 78.7 cm³/mol. The van der Waals surface area contributed by atoms with Crippen LogP contribution in [0, 0.1) is 0 Å². The third-order valence-corrected chi connectivity index (χ3v) is 4.62. The van der Waals surface area contributed by atoms with Crippen LogP contribution in [0.15, 0.2) is 0 Å². The lowest BCUT2D eigenvalue weighted by Crippen LogP contribution is -2.44. The van der Waals surface area contributed by atoms with Crippen molar-refractivity contribution in [2.75, 3.05) is 45.3 Å². The fourth-order valence-corrected chi connectivity index (χ4v) is 3.13. The summed E-state index contributed by atoms with van der Waals surface area (Å²) in [5, 5.41) is 3.60. The van der Waals surface area contributed by atoms with Gasteiger partial charge in [0.2, 0.25) is 0 Å². The lowest BCUT2D eigenvalue weighted by molar-refractivity contribution is 0.0669. The number of likely N-dealkylation sites (tertiary alicyclic amines) is 1. The van der Waals surface area contributed by atoms with Gasteiger partial charge in [0, 0.05) is 26.2 Å². The van der Waals surface area contributed by atoms with E-state index in [9.17, 15) is 4.79 Å². The lowest BCUT2D eigenvalue weighted by Gasteiger charge is -2.35. The van der Waals surface area contributed by atoms with Gasteiger partial charge in [-0.25, -0.2) is 4.98 Å². The molecule has 1 aromatic rings. The van der Waals surface area contributed by atoms with E-state index in [1.54, 1.807) is 7.05 Å². The summed E-state index contributed by atoms with van der Waals surface area (Å²) in [4.78, 5) is 21.2. The van der Waals surface area contributed by atoms with E-state index >= 15 is 0 Å². The van der Waals surface area contributed by atoms with Crippen LogP contribution >= 0.6 is 11.3 Å². The Hall–Kier alpha value is -1.34. The minimum atomic E-state index is 0.00806. The molecular weight excluding hydrogens is 262 g/mol. The van der Waals surface area contributed by atoms with Gasteiger partial charge in [0.05, 0.1) is 0 Å². The number of carbonyl (C=O) groups excluding carboxylic acids is 1. The molecule has 0 atom stereocenters. The molecule has 0 aromatic carbocycles. The van der Waals surface area contributed by atoms with Crippen molar-refractivity contribution in [3.8, 4) is 0 Å². The average molecular weight is 283 g/mol. The number of rotatable bonds is 3. The SMILES string of the molecule is CNc1nc(N)c(C(=O)N2CCC(N(C)C)CC2)s1. The Labute approximate surface area is 117 Å². The number of piperidine rings is 1. The Kier molecular flexibility index (Phi) is 4.26. The van der Waals surface area contributed by atoms with Crippen molar-refractivity contribution in [3.63, 3.8) is 0 Å². The lowest BCUT2D eigenvalue weighted by atomic mass is 10.0. The molecule has 1 fully saturated rings. The third kappa shape index (κ3) is 2.98. The second-order valence-electron chi connectivity index (χ2n) is 4.97. The Morgan fingerprint density at radius 3 is 2.58 bits per heavy atom. The van der Waals surface area contributed by atoms with Gasteiger partial charge >= 0.3 is 0 Å². The van der Waals surface area contributed by atoms with Crippen molar-refractivity contribution in [1.29, 1.82) is 0 Å². The van der Waals surface area contributed by atoms with Crippen LogP contribution in [0.2, 0.25) is 0 Å². The first-order valence-corrected chi connectivity index (χ1v) is 7.24. The molecule has 7 heteroatoms. The molecule has 0 spiro atoms. The molecule has 0 bridgehead atoms. The van der Waals surface area contributed by atoms with Crippen LogP contribution in [0.1, 0.15) is 22.5 Å². The van der Waals surface area contributed by atoms with Gasteiger partial charge in [-0.15, -0.1) is 0 Å². The van der Waals surface area contributed by atoms with Gasteiger partial charge in [-0.1, -0.05) is 11.3 Å². The van der Waals surface area contributed by atoms with Gasteiger partial charge in [-0.05, 0) is 26.9 Å². The van der Waals surface area contributed by atoms with Crippen LogP contribution in [0.25, 0.3) is 0 Å². The van der Waals surface area contributed by atoms with Crippen LogP contribution in [0.4, 0.5) is 10.9 Å². The molecule has 2 heterocycles.